The number of hydrogen-bond donors (Lipinski definition) is 1. The summed E-state index contributed by atoms with van der Waals surface area (Å²) in [6.45, 7) is 7.36. The number of ether oxygens (including phenoxy) is 2. The first kappa shape index (κ1) is 19.2. The van der Waals surface area contributed by atoms with E-state index in [0.29, 0.717) is 30.2 Å². The number of H-pyrrole nitrogens is 1. The molecule has 152 valence electrons. The zero-order valence-corrected chi connectivity index (χ0v) is 17.4. The Kier molecular flexibility index (Phi) is 5.09. The number of fused-ring (bicyclic) bond motifs is 1. The van der Waals surface area contributed by atoms with Gasteiger partial charge < -0.3 is 24.3 Å². The summed E-state index contributed by atoms with van der Waals surface area (Å²) in [6, 6.07) is 10.1. The predicted octanol–water partition coefficient (Wildman–Crippen LogP) is 3.76. The molecule has 0 spiro atoms. The summed E-state index contributed by atoms with van der Waals surface area (Å²) in [6.07, 6.45) is 1.78. The second-order valence-electron chi connectivity index (χ2n) is 7.45. The molecule has 6 heteroatoms. The number of aromatic nitrogens is 1. The fourth-order valence-electron chi connectivity index (χ4n) is 4.02. The number of rotatable bonds is 4. The van der Waals surface area contributed by atoms with E-state index in [1.807, 2.05) is 17.0 Å². The Hall–Kier alpha value is -3.15. The lowest BCUT2D eigenvalue weighted by Gasteiger charge is -2.37. The lowest BCUT2D eigenvalue weighted by molar-refractivity contribution is 0.0749. The van der Waals surface area contributed by atoms with Gasteiger partial charge in [-0.1, -0.05) is 12.1 Å². The molecule has 0 atom stereocenters. The minimum Gasteiger partial charge on any atom is -0.493 e. The highest BCUT2D eigenvalue weighted by Gasteiger charge is 2.25. The highest BCUT2D eigenvalue weighted by molar-refractivity contribution is 6.07. The van der Waals surface area contributed by atoms with E-state index in [9.17, 15) is 4.79 Å². The zero-order valence-electron chi connectivity index (χ0n) is 17.4. The van der Waals surface area contributed by atoms with Gasteiger partial charge in [0.15, 0.2) is 11.5 Å². The molecule has 0 saturated carbocycles. The van der Waals surface area contributed by atoms with E-state index in [4.69, 9.17) is 9.47 Å². The number of anilines is 1. The molecule has 1 saturated heterocycles. The topological polar surface area (TPSA) is 57.8 Å². The fourth-order valence-corrected chi connectivity index (χ4v) is 4.02. The lowest BCUT2D eigenvalue weighted by atomic mass is 10.1. The third-order valence-electron chi connectivity index (χ3n) is 5.90. The molecule has 1 amide bonds. The van der Waals surface area contributed by atoms with Gasteiger partial charge in [-0.3, -0.25) is 4.79 Å². The minimum atomic E-state index is 0.0454. The van der Waals surface area contributed by atoms with Crippen molar-refractivity contribution in [3.63, 3.8) is 0 Å². The smallest absolute Gasteiger partial charge is 0.256 e. The van der Waals surface area contributed by atoms with Gasteiger partial charge in [-0.2, -0.15) is 0 Å². The number of amides is 1. The number of benzene rings is 2. The van der Waals surface area contributed by atoms with Crippen molar-refractivity contribution in [2.75, 3.05) is 45.3 Å². The molecule has 3 aromatic rings. The van der Waals surface area contributed by atoms with E-state index >= 15 is 0 Å². The highest BCUT2D eigenvalue weighted by Crippen LogP contribution is 2.34. The number of piperazine rings is 1. The maximum Gasteiger partial charge on any atom is 0.256 e. The van der Waals surface area contributed by atoms with Crippen molar-refractivity contribution in [1.82, 2.24) is 9.88 Å². The quantitative estimate of drug-likeness (QED) is 0.733. The van der Waals surface area contributed by atoms with Crippen LogP contribution in [0, 0.1) is 13.8 Å². The monoisotopic (exact) mass is 393 g/mol. The first-order chi connectivity index (χ1) is 14.0. The van der Waals surface area contributed by atoms with E-state index < -0.39 is 0 Å². The van der Waals surface area contributed by atoms with Crippen LogP contribution in [-0.4, -0.2) is 56.2 Å². The van der Waals surface area contributed by atoms with Crippen LogP contribution in [0.1, 0.15) is 21.5 Å². The summed E-state index contributed by atoms with van der Waals surface area (Å²) in [5, 5.41) is 0.851. The molecule has 4 rings (SSSR count). The Bertz CT molecular complexity index is 1050. The minimum absolute atomic E-state index is 0.0454. The molecule has 0 radical (unpaired) electrons. The number of nitrogens with one attached hydrogen (secondary N) is 1. The van der Waals surface area contributed by atoms with Gasteiger partial charge in [0.2, 0.25) is 0 Å². The average Bonchev–Trinajstić information content (AvgIpc) is 3.17. The highest BCUT2D eigenvalue weighted by atomic mass is 16.5. The van der Waals surface area contributed by atoms with Crippen LogP contribution in [0.2, 0.25) is 0 Å². The number of aromatic amines is 1. The number of hydrogen-bond acceptors (Lipinski definition) is 4. The lowest BCUT2D eigenvalue weighted by Crippen LogP contribution is -2.49. The summed E-state index contributed by atoms with van der Waals surface area (Å²) in [5.41, 5.74) is 5.40. The average molecular weight is 393 g/mol. The SMILES string of the molecule is COc1cc2[nH]cc(C(=O)N3CCN(c4cccc(C)c4C)CC3)c2cc1OC. The third kappa shape index (κ3) is 3.39. The van der Waals surface area contributed by atoms with E-state index in [-0.39, 0.29) is 5.91 Å². The molecule has 1 N–H and O–H groups in total. The number of carbonyl (C=O) groups excluding carboxylic acids is 1. The maximum absolute atomic E-state index is 13.2. The predicted molar refractivity (Wildman–Crippen MR) is 115 cm³/mol. The molecule has 1 aliphatic rings. The molecule has 1 aromatic heterocycles. The number of nitrogens with zero attached hydrogens (tertiary/aromatic N) is 2. The Morgan fingerprint density at radius 2 is 1.69 bits per heavy atom. The van der Waals surface area contributed by atoms with Crippen LogP contribution in [0.15, 0.2) is 36.5 Å². The number of methoxy groups -OCH3 is 2. The maximum atomic E-state index is 13.2. The molecule has 1 fully saturated rings. The van der Waals surface area contributed by atoms with Crippen molar-refractivity contribution in [3.05, 3.63) is 53.2 Å². The van der Waals surface area contributed by atoms with Gasteiger partial charge in [-0.15, -0.1) is 0 Å². The number of aryl methyl sites for hydroxylation is 1. The van der Waals surface area contributed by atoms with Crippen LogP contribution in [0.5, 0.6) is 11.5 Å². The molecule has 0 aliphatic carbocycles. The first-order valence-electron chi connectivity index (χ1n) is 9.87. The Labute approximate surface area is 171 Å². The van der Waals surface area contributed by atoms with E-state index in [2.05, 4.69) is 41.9 Å². The first-order valence-corrected chi connectivity index (χ1v) is 9.87. The van der Waals surface area contributed by atoms with Crippen molar-refractivity contribution in [3.8, 4) is 11.5 Å². The van der Waals surface area contributed by atoms with Crippen molar-refractivity contribution in [2.45, 2.75) is 13.8 Å². The van der Waals surface area contributed by atoms with Crippen molar-refractivity contribution in [1.29, 1.82) is 0 Å². The summed E-state index contributed by atoms with van der Waals surface area (Å²) in [7, 11) is 3.21. The Balaban J connectivity index is 1.53. The molecular formula is C23H27N3O3. The van der Waals surface area contributed by atoms with Gasteiger partial charge >= 0.3 is 0 Å². The van der Waals surface area contributed by atoms with Crippen LogP contribution in [0.25, 0.3) is 10.9 Å². The molecule has 29 heavy (non-hydrogen) atoms. The second kappa shape index (κ2) is 7.70. The number of carbonyl (C=O) groups is 1. The normalized spacial score (nSPS) is 14.3. The van der Waals surface area contributed by atoms with Gasteiger partial charge in [-0.25, -0.2) is 0 Å². The van der Waals surface area contributed by atoms with Crippen molar-refractivity contribution < 1.29 is 14.3 Å². The van der Waals surface area contributed by atoms with E-state index in [0.717, 1.165) is 24.0 Å². The standard InChI is InChI=1S/C23H27N3O3/c1-15-6-5-7-20(16(15)2)25-8-10-26(11-9-25)23(27)18-14-24-19-13-22(29-4)21(28-3)12-17(18)19/h5-7,12-14,24H,8-11H2,1-4H3. The molecule has 6 nitrogen and oxygen atoms in total. The largest absolute Gasteiger partial charge is 0.493 e. The second-order valence-corrected chi connectivity index (χ2v) is 7.45. The van der Waals surface area contributed by atoms with Crippen LogP contribution in [-0.2, 0) is 0 Å². The fraction of sp³-hybridized carbons (Fsp3) is 0.348. The molecule has 2 heterocycles. The summed E-state index contributed by atoms with van der Waals surface area (Å²) in [5.74, 6) is 1.31. The van der Waals surface area contributed by atoms with Crippen LogP contribution < -0.4 is 14.4 Å². The molecule has 0 unspecified atom stereocenters. The van der Waals surface area contributed by atoms with Crippen LogP contribution >= 0.6 is 0 Å². The van der Waals surface area contributed by atoms with Gasteiger partial charge in [0.05, 0.1) is 25.3 Å². The molecular weight excluding hydrogens is 366 g/mol. The Morgan fingerprint density at radius 1 is 1.00 bits per heavy atom. The zero-order chi connectivity index (χ0) is 20.5. The van der Waals surface area contributed by atoms with Gasteiger partial charge in [0.1, 0.15) is 0 Å². The van der Waals surface area contributed by atoms with E-state index in [1.165, 1.54) is 16.8 Å². The Morgan fingerprint density at radius 3 is 2.38 bits per heavy atom. The summed E-state index contributed by atoms with van der Waals surface area (Å²) < 4.78 is 10.8. The van der Waals surface area contributed by atoms with Crippen molar-refractivity contribution in [2.24, 2.45) is 0 Å². The van der Waals surface area contributed by atoms with Crippen molar-refractivity contribution >= 4 is 22.5 Å². The molecule has 2 aromatic carbocycles. The van der Waals surface area contributed by atoms with Gasteiger partial charge in [-0.05, 0) is 37.1 Å². The van der Waals surface area contributed by atoms with Gasteiger partial charge in [0, 0.05) is 49.5 Å². The molecule has 1 aliphatic heterocycles. The van der Waals surface area contributed by atoms with Crippen LogP contribution in [0.4, 0.5) is 5.69 Å². The molecule has 0 bridgehead atoms. The summed E-state index contributed by atoms with van der Waals surface area (Å²) >= 11 is 0. The van der Waals surface area contributed by atoms with E-state index in [1.54, 1.807) is 20.4 Å². The van der Waals surface area contributed by atoms with Crippen LogP contribution in [0.3, 0.4) is 0 Å². The third-order valence-corrected chi connectivity index (χ3v) is 5.90. The van der Waals surface area contributed by atoms with Gasteiger partial charge in [0.25, 0.3) is 5.91 Å². The summed E-state index contributed by atoms with van der Waals surface area (Å²) in [4.78, 5) is 20.7.